The Morgan fingerprint density at radius 2 is 2.26 bits per heavy atom. The number of aromatic nitrogens is 2. The van der Waals surface area contributed by atoms with Crippen LogP contribution in [0.2, 0.25) is 0 Å². The van der Waals surface area contributed by atoms with E-state index in [-0.39, 0.29) is 0 Å². The van der Waals surface area contributed by atoms with Crippen LogP contribution in [0.4, 0.5) is 11.6 Å². The van der Waals surface area contributed by atoms with Crippen LogP contribution < -0.4 is 10.6 Å². The number of thioether (sulfide) groups is 1. The fourth-order valence-corrected chi connectivity index (χ4v) is 3.62. The molecule has 0 saturated carbocycles. The first-order chi connectivity index (χ1) is 11.1. The molecule has 0 aliphatic carbocycles. The molecule has 1 aromatic heterocycles. The van der Waals surface area contributed by atoms with Gasteiger partial charge in [0.25, 0.3) is 0 Å². The minimum absolute atomic E-state index is 0.472. The predicted molar refractivity (Wildman–Crippen MR) is 97.2 cm³/mol. The number of hydrogen-bond donors (Lipinski definition) is 1. The van der Waals surface area contributed by atoms with Crippen molar-refractivity contribution < 1.29 is 4.74 Å². The zero-order valence-electron chi connectivity index (χ0n) is 14.5. The van der Waals surface area contributed by atoms with Gasteiger partial charge in [-0.2, -0.15) is 0 Å². The van der Waals surface area contributed by atoms with Gasteiger partial charge in [-0.1, -0.05) is 25.1 Å². The Balaban J connectivity index is 2.08. The van der Waals surface area contributed by atoms with Gasteiger partial charge in [0, 0.05) is 37.4 Å². The fraction of sp³-hybridized carbons (Fsp3) is 0.750. The summed E-state index contributed by atoms with van der Waals surface area (Å²) in [6.07, 6.45) is 2.35. The maximum atomic E-state index is 5.99. The Hall–Kier alpha value is -1.05. The number of anilines is 2. The van der Waals surface area contributed by atoms with E-state index in [1.807, 2.05) is 6.07 Å². The average molecular weight is 340 g/mol. The van der Waals surface area contributed by atoms with Crippen LogP contribution in [0.5, 0.6) is 0 Å². The second-order valence-electron chi connectivity index (χ2n) is 6.28. The van der Waals surface area contributed by atoms with E-state index in [1.165, 1.54) is 12.8 Å². The second-order valence-corrected chi connectivity index (χ2v) is 7.35. The van der Waals surface area contributed by atoms with E-state index in [9.17, 15) is 0 Å². The number of nitrogens with two attached hydrogens (primary N) is 1. The van der Waals surface area contributed by atoms with E-state index >= 15 is 0 Å². The summed E-state index contributed by atoms with van der Waals surface area (Å²) in [6, 6.07) is 1.88. The van der Waals surface area contributed by atoms with E-state index in [4.69, 9.17) is 15.5 Å². The highest BCUT2D eigenvalue weighted by Gasteiger charge is 2.21. The third kappa shape index (κ3) is 6.16. The molecule has 2 rings (SSSR count). The zero-order chi connectivity index (χ0) is 16.7. The summed E-state index contributed by atoms with van der Waals surface area (Å²) in [5.74, 6) is 2.97. The molecule has 1 aromatic rings. The molecule has 1 aliphatic rings. The maximum absolute atomic E-state index is 5.99. The first kappa shape index (κ1) is 18.3. The number of ether oxygens (including phenoxy) is 1. The Bertz CT molecular complexity index is 486. The quantitative estimate of drug-likeness (QED) is 0.463. The van der Waals surface area contributed by atoms with Crippen LogP contribution in [0.1, 0.15) is 19.8 Å². The molecule has 2 N–H and O–H groups in total. The average Bonchev–Trinajstić information content (AvgIpc) is 2.72. The van der Waals surface area contributed by atoms with Gasteiger partial charge in [-0.15, -0.1) is 0 Å². The molecule has 0 amide bonds. The van der Waals surface area contributed by atoms with Gasteiger partial charge in [0.15, 0.2) is 5.16 Å². The van der Waals surface area contributed by atoms with Crippen molar-refractivity contribution in [3.05, 3.63) is 6.07 Å². The van der Waals surface area contributed by atoms with E-state index in [0.717, 1.165) is 49.6 Å². The maximum Gasteiger partial charge on any atom is 0.191 e. The fourth-order valence-electron chi connectivity index (χ4n) is 2.68. The summed E-state index contributed by atoms with van der Waals surface area (Å²) < 4.78 is 5.75. The van der Waals surface area contributed by atoms with Crippen molar-refractivity contribution in [3.8, 4) is 0 Å². The van der Waals surface area contributed by atoms with Gasteiger partial charge in [0.2, 0.25) is 0 Å². The number of unbranched alkanes of at least 4 members (excludes halogenated alkanes) is 1. The highest BCUT2D eigenvalue weighted by Crippen LogP contribution is 2.23. The molecule has 1 aliphatic heterocycles. The minimum atomic E-state index is 0.472. The van der Waals surface area contributed by atoms with Crippen LogP contribution in [0, 0.1) is 5.92 Å². The van der Waals surface area contributed by atoms with Crippen molar-refractivity contribution in [2.24, 2.45) is 5.92 Å². The van der Waals surface area contributed by atoms with Gasteiger partial charge in [0.05, 0.1) is 13.2 Å². The lowest BCUT2D eigenvalue weighted by molar-refractivity contribution is 0.113. The summed E-state index contributed by atoms with van der Waals surface area (Å²) in [4.78, 5) is 13.6. The monoisotopic (exact) mass is 339 g/mol. The number of hydrogen-bond acceptors (Lipinski definition) is 7. The first-order valence-electron chi connectivity index (χ1n) is 8.33. The van der Waals surface area contributed by atoms with Crippen LogP contribution >= 0.6 is 11.8 Å². The number of nitrogens with zero attached hydrogens (tertiary/aromatic N) is 4. The molecular weight excluding hydrogens is 310 g/mol. The summed E-state index contributed by atoms with van der Waals surface area (Å²) in [6.45, 7) is 6.51. The van der Waals surface area contributed by atoms with Gasteiger partial charge in [-0.05, 0) is 20.5 Å². The van der Waals surface area contributed by atoms with E-state index in [0.29, 0.717) is 11.7 Å². The lowest BCUT2D eigenvalue weighted by Crippen LogP contribution is -2.35. The summed E-state index contributed by atoms with van der Waals surface area (Å²) >= 11 is 1.69. The Kier molecular flexibility index (Phi) is 7.39. The van der Waals surface area contributed by atoms with Gasteiger partial charge in [-0.25, -0.2) is 9.97 Å². The SMILES string of the molecule is CCCCSc1nc(N)cc(N2CCOC[C@H](CN(C)C)C2)n1. The minimum Gasteiger partial charge on any atom is -0.383 e. The molecule has 7 heteroatoms. The van der Waals surface area contributed by atoms with Gasteiger partial charge in [-0.3, -0.25) is 0 Å². The lowest BCUT2D eigenvalue weighted by atomic mass is 10.1. The van der Waals surface area contributed by atoms with Crippen molar-refractivity contribution in [2.75, 3.05) is 63.3 Å². The van der Waals surface area contributed by atoms with Crippen molar-refractivity contribution in [1.82, 2.24) is 14.9 Å². The molecular formula is C16H29N5OS. The van der Waals surface area contributed by atoms with Crippen molar-refractivity contribution in [1.29, 1.82) is 0 Å². The number of nitrogen functional groups attached to an aromatic ring is 1. The standard InChI is InChI=1S/C16H29N5OS/c1-4-5-8-23-16-18-14(17)9-15(19-16)21-6-7-22-12-13(11-21)10-20(2)3/h9,13H,4-8,10-12H2,1-3H3,(H2,17,18,19)/t13-/m1/s1. The van der Waals surface area contributed by atoms with Crippen LogP contribution in [0.3, 0.4) is 0 Å². The molecule has 0 unspecified atom stereocenters. The molecule has 0 spiro atoms. The largest absolute Gasteiger partial charge is 0.383 e. The van der Waals surface area contributed by atoms with Gasteiger partial charge in [0.1, 0.15) is 11.6 Å². The van der Waals surface area contributed by atoms with Crippen molar-refractivity contribution in [3.63, 3.8) is 0 Å². The Morgan fingerprint density at radius 1 is 1.43 bits per heavy atom. The topological polar surface area (TPSA) is 67.5 Å². The van der Waals surface area contributed by atoms with E-state index in [1.54, 1.807) is 11.8 Å². The van der Waals surface area contributed by atoms with Crippen LogP contribution in [-0.4, -0.2) is 67.6 Å². The molecule has 0 radical (unpaired) electrons. The Morgan fingerprint density at radius 3 is 3.00 bits per heavy atom. The van der Waals surface area contributed by atoms with Crippen molar-refractivity contribution in [2.45, 2.75) is 24.9 Å². The van der Waals surface area contributed by atoms with Gasteiger partial charge < -0.3 is 20.3 Å². The molecule has 130 valence electrons. The highest BCUT2D eigenvalue weighted by molar-refractivity contribution is 7.99. The molecule has 6 nitrogen and oxygen atoms in total. The molecule has 0 bridgehead atoms. The lowest BCUT2D eigenvalue weighted by Gasteiger charge is -2.26. The molecule has 1 saturated heterocycles. The van der Waals surface area contributed by atoms with E-state index < -0.39 is 0 Å². The second kappa shape index (κ2) is 9.30. The van der Waals surface area contributed by atoms with Gasteiger partial charge >= 0.3 is 0 Å². The summed E-state index contributed by atoms with van der Waals surface area (Å²) in [5.41, 5.74) is 5.99. The van der Waals surface area contributed by atoms with Crippen LogP contribution in [0.15, 0.2) is 11.2 Å². The van der Waals surface area contributed by atoms with Crippen LogP contribution in [0.25, 0.3) is 0 Å². The first-order valence-corrected chi connectivity index (χ1v) is 9.31. The molecule has 1 atom stereocenters. The smallest absolute Gasteiger partial charge is 0.191 e. The Labute approximate surface area is 143 Å². The number of rotatable bonds is 7. The molecule has 2 heterocycles. The third-order valence-corrected chi connectivity index (χ3v) is 4.66. The third-order valence-electron chi connectivity index (χ3n) is 3.73. The normalized spacial score (nSPS) is 19.1. The van der Waals surface area contributed by atoms with E-state index in [2.05, 4.69) is 35.8 Å². The highest BCUT2D eigenvalue weighted by atomic mass is 32.2. The molecule has 23 heavy (non-hydrogen) atoms. The summed E-state index contributed by atoms with van der Waals surface area (Å²) in [5, 5.41) is 0.780. The zero-order valence-corrected chi connectivity index (χ0v) is 15.3. The van der Waals surface area contributed by atoms with Crippen molar-refractivity contribution >= 4 is 23.4 Å². The molecule has 1 fully saturated rings. The molecule has 0 aromatic carbocycles. The summed E-state index contributed by atoms with van der Waals surface area (Å²) in [7, 11) is 4.20. The van der Waals surface area contributed by atoms with Crippen LogP contribution in [-0.2, 0) is 4.74 Å². The predicted octanol–water partition coefficient (Wildman–Crippen LogP) is 1.97.